The van der Waals surface area contributed by atoms with Crippen LogP contribution in [-0.2, 0) is 0 Å². The van der Waals surface area contributed by atoms with Crippen molar-refractivity contribution < 1.29 is 10.2 Å². The van der Waals surface area contributed by atoms with Gasteiger partial charge in [0.25, 0.3) is 0 Å². The molecule has 2 saturated carbocycles. The van der Waals surface area contributed by atoms with Crippen LogP contribution in [0.1, 0.15) is 65.7 Å². The Morgan fingerprint density at radius 3 is 2.64 bits per heavy atom. The summed E-state index contributed by atoms with van der Waals surface area (Å²) in [5.41, 5.74) is 0.814. The van der Waals surface area contributed by atoms with Crippen molar-refractivity contribution in [3.8, 4) is 0 Å². The van der Waals surface area contributed by atoms with Gasteiger partial charge in [-0.1, -0.05) is 38.5 Å². The number of fused-ring (bicyclic) bond motifs is 1. The Balaban J connectivity index is 2.24. The molecule has 0 spiro atoms. The van der Waals surface area contributed by atoms with Gasteiger partial charge in [0, 0.05) is 6.61 Å². The molecule has 126 valence electrons. The molecule has 0 saturated heterocycles. The molecule has 2 heteroatoms. The van der Waals surface area contributed by atoms with Gasteiger partial charge in [0.2, 0.25) is 0 Å². The van der Waals surface area contributed by atoms with Crippen molar-refractivity contribution in [2.45, 2.75) is 71.3 Å². The Hall–Kier alpha value is -0.600. The van der Waals surface area contributed by atoms with Crippen molar-refractivity contribution in [3.05, 3.63) is 24.8 Å². The van der Waals surface area contributed by atoms with E-state index < -0.39 is 5.60 Å². The molecule has 0 aromatic heterocycles. The summed E-state index contributed by atoms with van der Waals surface area (Å²) in [6.45, 7) is 14.9. The molecule has 2 aliphatic carbocycles. The Kier molecular flexibility index (Phi) is 4.94. The predicted molar refractivity (Wildman–Crippen MR) is 92.6 cm³/mol. The lowest BCUT2D eigenvalue weighted by Crippen LogP contribution is -2.52. The number of aliphatic hydroxyl groups excluding tert-OH is 1. The van der Waals surface area contributed by atoms with Crippen LogP contribution in [0.4, 0.5) is 0 Å². The minimum absolute atomic E-state index is 0.0485. The third kappa shape index (κ3) is 3.05. The molecule has 2 nitrogen and oxygen atoms in total. The fourth-order valence-corrected chi connectivity index (χ4v) is 5.34. The lowest BCUT2D eigenvalue weighted by molar-refractivity contribution is -0.0885. The molecule has 5 atom stereocenters. The number of rotatable bonds is 5. The van der Waals surface area contributed by atoms with E-state index in [1.165, 1.54) is 18.4 Å². The van der Waals surface area contributed by atoms with Crippen LogP contribution in [0.15, 0.2) is 24.8 Å². The summed E-state index contributed by atoms with van der Waals surface area (Å²) in [5.74, 6) is 1.01. The Morgan fingerprint density at radius 2 is 2.05 bits per heavy atom. The molecule has 0 heterocycles. The second-order valence-corrected chi connectivity index (χ2v) is 8.57. The van der Waals surface area contributed by atoms with Crippen LogP contribution >= 0.6 is 0 Å². The second kappa shape index (κ2) is 6.13. The van der Waals surface area contributed by atoms with E-state index in [1.54, 1.807) is 6.08 Å². The van der Waals surface area contributed by atoms with Gasteiger partial charge in [0.1, 0.15) is 0 Å². The highest BCUT2D eigenvalue weighted by Gasteiger charge is 2.54. The summed E-state index contributed by atoms with van der Waals surface area (Å²) in [4.78, 5) is 0. The molecular weight excluding hydrogens is 272 g/mol. The molecule has 22 heavy (non-hydrogen) atoms. The molecule has 0 bridgehead atoms. The van der Waals surface area contributed by atoms with E-state index in [2.05, 4.69) is 27.0 Å². The van der Waals surface area contributed by atoms with Crippen LogP contribution in [0, 0.1) is 22.7 Å². The van der Waals surface area contributed by atoms with E-state index in [0.717, 1.165) is 32.1 Å². The molecule has 0 unspecified atom stereocenters. The fraction of sp³-hybridized carbons (Fsp3) is 0.800. The first-order chi connectivity index (χ1) is 10.2. The normalized spacial score (nSPS) is 41.6. The van der Waals surface area contributed by atoms with Gasteiger partial charge in [-0.05, 0) is 68.1 Å². The maximum Gasteiger partial charge on any atom is 0.0797 e. The summed E-state index contributed by atoms with van der Waals surface area (Å²) in [6.07, 6.45) is 9.10. The van der Waals surface area contributed by atoms with Crippen LogP contribution in [0.3, 0.4) is 0 Å². The summed E-state index contributed by atoms with van der Waals surface area (Å²) < 4.78 is 0. The average Bonchev–Trinajstić information content (AvgIpc) is 2.46. The maximum atomic E-state index is 10.3. The fourth-order valence-electron chi connectivity index (χ4n) is 5.34. The number of hydrogen-bond donors (Lipinski definition) is 2. The van der Waals surface area contributed by atoms with Crippen LogP contribution in [0.5, 0.6) is 0 Å². The molecular formula is C20H34O2. The molecule has 0 aromatic rings. The summed E-state index contributed by atoms with van der Waals surface area (Å²) >= 11 is 0. The van der Waals surface area contributed by atoms with Gasteiger partial charge in [-0.2, -0.15) is 0 Å². The van der Waals surface area contributed by atoms with Crippen molar-refractivity contribution in [1.82, 2.24) is 0 Å². The minimum Gasteiger partial charge on any atom is -0.396 e. The first kappa shape index (κ1) is 17.7. The van der Waals surface area contributed by atoms with Gasteiger partial charge in [0.15, 0.2) is 0 Å². The zero-order valence-corrected chi connectivity index (χ0v) is 14.7. The van der Waals surface area contributed by atoms with Crippen LogP contribution in [0.25, 0.3) is 0 Å². The molecule has 2 fully saturated rings. The third-order valence-corrected chi connectivity index (χ3v) is 6.88. The summed E-state index contributed by atoms with van der Waals surface area (Å²) in [7, 11) is 0. The number of hydrogen-bond acceptors (Lipinski definition) is 2. The van der Waals surface area contributed by atoms with Gasteiger partial charge in [-0.15, -0.1) is 6.58 Å². The first-order valence-electron chi connectivity index (χ1n) is 8.83. The van der Waals surface area contributed by atoms with Gasteiger partial charge >= 0.3 is 0 Å². The SMILES string of the molecule is C=C[C@](C)(O)CC[C@@H]1C(=C)CC[C@@H]2[C@](C)(CO)CCC[C@]12C. The molecule has 2 rings (SSSR count). The largest absolute Gasteiger partial charge is 0.396 e. The van der Waals surface area contributed by atoms with Crippen molar-refractivity contribution in [1.29, 1.82) is 0 Å². The maximum absolute atomic E-state index is 10.3. The summed E-state index contributed by atoms with van der Waals surface area (Å²) in [6, 6.07) is 0. The van der Waals surface area contributed by atoms with Gasteiger partial charge < -0.3 is 10.2 Å². The van der Waals surface area contributed by atoms with Gasteiger partial charge in [0.05, 0.1) is 5.60 Å². The lowest BCUT2D eigenvalue weighted by Gasteiger charge is -2.58. The zero-order chi connectivity index (χ0) is 16.6. The lowest BCUT2D eigenvalue weighted by atomic mass is 9.46. The predicted octanol–water partition coefficient (Wildman–Crippen LogP) is 4.47. The van der Waals surface area contributed by atoms with E-state index in [4.69, 9.17) is 0 Å². The van der Waals surface area contributed by atoms with E-state index in [-0.39, 0.29) is 17.4 Å². The minimum atomic E-state index is -0.793. The van der Waals surface area contributed by atoms with Gasteiger partial charge in [-0.25, -0.2) is 0 Å². The van der Waals surface area contributed by atoms with Crippen molar-refractivity contribution in [3.63, 3.8) is 0 Å². The van der Waals surface area contributed by atoms with Crippen LogP contribution in [-0.4, -0.2) is 22.4 Å². The van der Waals surface area contributed by atoms with Crippen LogP contribution in [0.2, 0.25) is 0 Å². The highest BCUT2D eigenvalue weighted by atomic mass is 16.3. The zero-order valence-electron chi connectivity index (χ0n) is 14.7. The summed E-state index contributed by atoms with van der Waals surface area (Å²) in [5, 5.41) is 20.3. The van der Waals surface area contributed by atoms with E-state index in [9.17, 15) is 10.2 Å². The first-order valence-corrected chi connectivity index (χ1v) is 8.83. The number of aliphatic hydroxyl groups is 2. The molecule has 2 N–H and O–H groups in total. The Morgan fingerprint density at radius 1 is 1.36 bits per heavy atom. The average molecular weight is 306 g/mol. The quantitative estimate of drug-likeness (QED) is 0.735. The molecule has 2 aliphatic rings. The van der Waals surface area contributed by atoms with E-state index in [0.29, 0.717) is 11.8 Å². The Bertz CT molecular complexity index is 439. The van der Waals surface area contributed by atoms with Crippen molar-refractivity contribution in [2.75, 3.05) is 6.61 Å². The standard InChI is InChI=1S/C20H34O2/c1-6-19(4,22)13-10-16-15(2)8-9-17-18(3,14-21)11-7-12-20(16,17)5/h6,16-17,21-22H,1-2,7-14H2,3-5H3/t16-,17-,18+,19+,20-/m1/s1. The van der Waals surface area contributed by atoms with Crippen molar-refractivity contribution >= 4 is 0 Å². The smallest absolute Gasteiger partial charge is 0.0797 e. The molecule has 0 amide bonds. The Labute approximate surface area is 136 Å². The monoisotopic (exact) mass is 306 g/mol. The van der Waals surface area contributed by atoms with E-state index in [1.807, 2.05) is 6.92 Å². The van der Waals surface area contributed by atoms with Crippen LogP contribution < -0.4 is 0 Å². The third-order valence-electron chi connectivity index (χ3n) is 6.88. The molecule has 0 aromatic carbocycles. The topological polar surface area (TPSA) is 40.5 Å². The molecule has 0 aliphatic heterocycles. The van der Waals surface area contributed by atoms with Gasteiger partial charge in [-0.3, -0.25) is 0 Å². The second-order valence-electron chi connectivity index (χ2n) is 8.57. The number of allylic oxidation sites excluding steroid dienone is 1. The van der Waals surface area contributed by atoms with Crippen molar-refractivity contribution in [2.24, 2.45) is 22.7 Å². The van der Waals surface area contributed by atoms with E-state index >= 15 is 0 Å². The highest BCUT2D eigenvalue weighted by Crippen LogP contribution is 2.61. The molecule has 0 radical (unpaired) electrons. The highest BCUT2D eigenvalue weighted by molar-refractivity contribution is 5.16.